The Bertz CT molecular complexity index is 1670. The summed E-state index contributed by atoms with van der Waals surface area (Å²) in [6.45, 7) is 5.12. The standard InChI is InChI=1S/C35H32ClFN4O2S/c36-28-7-4-8-30(23-28)40-19-17-39(18-20-40)16-15-38-34(42)27-11-14-32-31(22-27)41(24-26-9-12-29(37)13-10-26)35(43)33(44-32)21-25-5-2-1-3-6-25/h1-14,21-23H,15-20,24H2,(H,38,42)/b33-21-. The maximum atomic E-state index is 13.8. The number of piperazine rings is 1. The molecule has 6 rings (SSSR count). The maximum Gasteiger partial charge on any atom is 0.265 e. The summed E-state index contributed by atoms with van der Waals surface area (Å²) in [5.74, 6) is -0.679. The molecule has 1 saturated heterocycles. The molecule has 0 atom stereocenters. The summed E-state index contributed by atoms with van der Waals surface area (Å²) in [4.78, 5) is 34.8. The number of hydrogen-bond acceptors (Lipinski definition) is 5. The van der Waals surface area contributed by atoms with Gasteiger partial charge in [0.1, 0.15) is 5.82 Å². The Morgan fingerprint density at radius 3 is 2.43 bits per heavy atom. The van der Waals surface area contributed by atoms with Crippen LogP contribution in [0.25, 0.3) is 6.08 Å². The summed E-state index contributed by atoms with van der Waals surface area (Å²) in [7, 11) is 0. The minimum absolute atomic E-state index is 0.162. The lowest BCUT2D eigenvalue weighted by Gasteiger charge is -2.36. The number of fused-ring (bicyclic) bond motifs is 1. The quantitative estimate of drug-likeness (QED) is 0.220. The van der Waals surface area contributed by atoms with E-state index in [-0.39, 0.29) is 24.2 Å². The molecule has 0 aliphatic carbocycles. The molecular formula is C35H32ClFN4O2S. The van der Waals surface area contributed by atoms with Crippen LogP contribution in [0.3, 0.4) is 0 Å². The molecule has 0 spiro atoms. The first-order chi connectivity index (χ1) is 21.4. The van der Waals surface area contributed by atoms with Crippen LogP contribution in [0.1, 0.15) is 21.5 Å². The van der Waals surface area contributed by atoms with E-state index < -0.39 is 0 Å². The van der Waals surface area contributed by atoms with Crippen molar-refractivity contribution in [1.82, 2.24) is 10.2 Å². The zero-order valence-corrected chi connectivity index (χ0v) is 25.7. The van der Waals surface area contributed by atoms with Gasteiger partial charge >= 0.3 is 0 Å². The minimum atomic E-state index is -0.332. The second-order valence-electron chi connectivity index (χ2n) is 10.8. The molecule has 4 aromatic rings. The number of amides is 2. The molecule has 0 unspecified atom stereocenters. The van der Waals surface area contributed by atoms with E-state index in [1.807, 2.05) is 60.7 Å². The normalized spacial score (nSPS) is 16.2. The van der Waals surface area contributed by atoms with Crippen molar-refractivity contribution in [3.8, 4) is 0 Å². The van der Waals surface area contributed by atoms with Crippen LogP contribution in [0.4, 0.5) is 15.8 Å². The highest BCUT2D eigenvalue weighted by atomic mass is 35.5. The molecule has 2 amide bonds. The van der Waals surface area contributed by atoms with Crippen molar-refractivity contribution in [3.05, 3.63) is 129 Å². The number of rotatable bonds is 8. The zero-order valence-electron chi connectivity index (χ0n) is 24.1. The number of anilines is 2. The van der Waals surface area contributed by atoms with Gasteiger partial charge in [0.2, 0.25) is 0 Å². The molecule has 44 heavy (non-hydrogen) atoms. The van der Waals surface area contributed by atoms with Crippen molar-refractivity contribution in [2.45, 2.75) is 11.4 Å². The third kappa shape index (κ3) is 7.16. The van der Waals surface area contributed by atoms with Crippen LogP contribution < -0.4 is 15.1 Å². The van der Waals surface area contributed by atoms with Crippen molar-refractivity contribution >= 4 is 52.6 Å². The van der Waals surface area contributed by atoms with Gasteiger partial charge in [-0.05, 0) is 65.7 Å². The second kappa shape index (κ2) is 13.7. The molecular weight excluding hydrogens is 595 g/mol. The predicted molar refractivity (Wildman–Crippen MR) is 177 cm³/mol. The number of carbonyl (C=O) groups is 2. The molecule has 224 valence electrons. The summed E-state index contributed by atoms with van der Waals surface area (Å²) < 4.78 is 13.6. The van der Waals surface area contributed by atoms with Crippen molar-refractivity contribution in [2.24, 2.45) is 0 Å². The van der Waals surface area contributed by atoms with E-state index in [1.165, 1.54) is 23.9 Å². The number of thioether (sulfide) groups is 1. The molecule has 2 heterocycles. The van der Waals surface area contributed by atoms with Crippen molar-refractivity contribution in [2.75, 3.05) is 49.1 Å². The van der Waals surface area contributed by atoms with Gasteiger partial charge in [-0.15, -0.1) is 0 Å². The number of benzene rings is 4. The number of nitrogens with one attached hydrogen (secondary N) is 1. The van der Waals surface area contributed by atoms with Gasteiger partial charge in [-0.25, -0.2) is 4.39 Å². The van der Waals surface area contributed by atoms with Gasteiger partial charge in [0.15, 0.2) is 0 Å². The fourth-order valence-electron chi connectivity index (χ4n) is 5.41. The van der Waals surface area contributed by atoms with Gasteiger partial charge in [-0.2, -0.15) is 0 Å². The third-order valence-corrected chi connectivity index (χ3v) is 9.11. The fourth-order valence-corrected chi connectivity index (χ4v) is 6.64. The van der Waals surface area contributed by atoms with Crippen LogP contribution >= 0.6 is 23.4 Å². The van der Waals surface area contributed by atoms with Crippen molar-refractivity contribution in [1.29, 1.82) is 0 Å². The molecule has 1 fully saturated rings. The highest BCUT2D eigenvalue weighted by Gasteiger charge is 2.30. The number of hydrogen-bond donors (Lipinski definition) is 1. The van der Waals surface area contributed by atoms with E-state index in [9.17, 15) is 14.0 Å². The monoisotopic (exact) mass is 626 g/mol. The Labute approximate surface area is 266 Å². The van der Waals surface area contributed by atoms with Gasteiger partial charge in [0, 0.05) is 60.4 Å². The molecule has 0 radical (unpaired) electrons. The lowest BCUT2D eigenvalue weighted by molar-refractivity contribution is -0.114. The number of halogens is 2. The summed E-state index contributed by atoms with van der Waals surface area (Å²) in [5.41, 5.74) is 4.00. The molecule has 9 heteroatoms. The van der Waals surface area contributed by atoms with Crippen molar-refractivity contribution in [3.63, 3.8) is 0 Å². The Hall–Kier alpha value is -4.11. The Morgan fingerprint density at radius 2 is 1.68 bits per heavy atom. The van der Waals surface area contributed by atoms with E-state index in [0.717, 1.165) is 59.5 Å². The van der Waals surface area contributed by atoms with E-state index >= 15 is 0 Å². The summed E-state index contributed by atoms with van der Waals surface area (Å²) in [6, 6.07) is 29.2. The Balaban J connectivity index is 1.13. The summed E-state index contributed by atoms with van der Waals surface area (Å²) in [5, 5.41) is 3.79. The van der Waals surface area contributed by atoms with E-state index in [1.54, 1.807) is 29.2 Å². The fraction of sp³-hybridized carbons (Fsp3) is 0.200. The van der Waals surface area contributed by atoms with E-state index in [0.29, 0.717) is 22.7 Å². The molecule has 2 aliphatic heterocycles. The molecule has 4 aromatic carbocycles. The molecule has 0 aromatic heterocycles. The van der Waals surface area contributed by atoms with Gasteiger partial charge < -0.3 is 15.1 Å². The minimum Gasteiger partial charge on any atom is -0.369 e. The molecule has 2 aliphatic rings. The highest BCUT2D eigenvalue weighted by Crippen LogP contribution is 2.43. The topological polar surface area (TPSA) is 55.9 Å². The summed E-state index contributed by atoms with van der Waals surface area (Å²) in [6.07, 6.45) is 1.88. The smallest absolute Gasteiger partial charge is 0.265 e. The van der Waals surface area contributed by atoms with Crippen LogP contribution in [-0.2, 0) is 11.3 Å². The van der Waals surface area contributed by atoms with Gasteiger partial charge in [-0.1, -0.05) is 71.9 Å². The van der Waals surface area contributed by atoms with E-state index in [2.05, 4.69) is 21.2 Å². The first-order valence-corrected chi connectivity index (χ1v) is 15.8. The lowest BCUT2D eigenvalue weighted by Crippen LogP contribution is -2.48. The van der Waals surface area contributed by atoms with Gasteiger partial charge in [-0.3, -0.25) is 14.5 Å². The van der Waals surface area contributed by atoms with Crippen LogP contribution in [0, 0.1) is 5.82 Å². The second-order valence-corrected chi connectivity index (χ2v) is 12.3. The third-order valence-electron chi connectivity index (χ3n) is 7.80. The Morgan fingerprint density at radius 1 is 0.909 bits per heavy atom. The van der Waals surface area contributed by atoms with E-state index in [4.69, 9.17) is 11.6 Å². The average Bonchev–Trinajstić information content (AvgIpc) is 3.04. The first-order valence-electron chi connectivity index (χ1n) is 14.6. The predicted octanol–water partition coefficient (Wildman–Crippen LogP) is 6.71. The highest BCUT2D eigenvalue weighted by molar-refractivity contribution is 8.04. The van der Waals surface area contributed by atoms with Crippen LogP contribution in [0.2, 0.25) is 5.02 Å². The number of carbonyl (C=O) groups excluding carboxylic acids is 2. The molecule has 0 saturated carbocycles. The average molecular weight is 627 g/mol. The maximum absolute atomic E-state index is 13.8. The number of nitrogens with zero attached hydrogens (tertiary/aromatic N) is 3. The zero-order chi connectivity index (χ0) is 30.5. The molecule has 1 N–H and O–H groups in total. The SMILES string of the molecule is O=C(NCCN1CCN(c2cccc(Cl)c2)CC1)c1ccc2c(c1)N(Cc1ccc(F)cc1)C(=O)/C(=C/c1ccccc1)S2. The molecule has 0 bridgehead atoms. The van der Waals surface area contributed by atoms with Crippen LogP contribution in [0.5, 0.6) is 0 Å². The van der Waals surface area contributed by atoms with Crippen LogP contribution in [0.15, 0.2) is 107 Å². The summed E-state index contributed by atoms with van der Waals surface area (Å²) >= 11 is 7.55. The lowest BCUT2D eigenvalue weighted by atomic mass is 10.1. The van der Waals surface area contributed by atoms with Crippen LogP contribution in [-0.4, -0.2) is 56.0 Å². The largest absolute Gasteiger partial charge is 0.369 e. The Kier molecular flexibility index (Phi) is 9.31. The first kappa shape index (κ1) is 29.9. The van der Waals surface area contributed by atoms with Gasteiger partial charge in [0.05, 0.1) is 17.1 Å². The molecule has 6 nitrogen and oxygen atoms in total. The van der Waals surface area contributed by atoms with Crippen molar-refractivity contribution < 1.29 is 14.0 Å². The van der Waals surface area contributed by atoms with Gasteiger partial charge in [0.25, 0.3) is 11.8 Å².